The third-order valence-corrected chi connectivity index (χ3v) is 3.28. The zero-order chi connectivity index (χ0) is 13.1. The fourth-order valence-corrected chi connectivity index (χ4v) is 1.80. The molecule has 1 aromatic carbocycles. The maximum absolute atomic E-state index is 10.4. The molecule has 0 amide bonds. The maximum atomic E-state index is 10.4. The van der Waals surface area contributed by atoms with Gasteiger partial charge in [-0.2, -0.15) is 0 Å². The van der Waals surface area contributed by atoms with Crippen LogP contribution in [0.3, 0.4) is 0 Å². The molecule has 92 valence electrons. The van der Waals surface area contributed by atoms with Crippen LogP contribution in [0, 0.1) is 6.92 Å². The molecule has 2 rings (SSSR count). The lowest BCUT2D eigenvalue weighted by Crippen LogP contribution is -1.85. The van der Waals surface area contributed by atoms with Crippen molar-refractivity contribution in [3.63, 3.8) is 0 Å². The lowest BCUT2D eigenvalue weighted by atomic mass is 10.1. The summed E-state index contributed by atoms with van der Waals surface area (Å²) in [5.74, 6) is -0.567. The number of rotatable bonds is 3. The highest BCUT2D eigenvalue weighted by Crippen LogP contribution is 2.29. The second-order valence-corrected chi connectivity index (χ2v) is 4.35. The van der Waals surface area contributed by atoms with Gasteiger partial charge in [0, 0.05) is 16.6 Å². The first-order chi connectivity index (χ1) is 8.58. The number of carboxylic acid groups (broad SMARTS) is 1. The van der Waals surface area contributed by atoms with Crippen LogP contribution in [0.5, 0.6) is 0 Å². The SMILES string of the molecule is Cc1cccc(-c2nnc(/C=C/C(=O)O)o2)c1Br. The van der Waals surface area contributed by atoms with Crippen molar-refractivity contribution in [1.82, 2.24) is 10.2 Å². The van der Waals surface area contributed by atoms with Gasteiger partial charge in [0.1, 0.15) is 0 Å². The summed E-state index contributed by atoms with van der Waals surface area (Å²) in [4.78, 5) is 10.4. The van der Waals surface area contributed by atoms with E-state index < -0.39 is 5.97 Å². The fraction of sp³-hybridized carbons (Fsp3) is 0.0833. The molecule has 2 aromatic rings. The number of aliphatic carboxylic acids is 1. The average molecular weight is 309 g/mol. The zero-order valence-corrected chi connectivity index (χ0v) is 11.0. The van der Waals surface area contributed by atoms with E-state index in [1.54, 1.807) is 0 Å². The molecule has 0 radical (unpaired) electrons. The van der Waals surface area contributed by atoms with E-state index >= 15 is 0 Å². The third kappa shape index (κ3) is 2.65. The Labute approximate surface area is 111 Å². The Morgan fingerprint density at radius 1 is 1.44 bits per heavy atom. The van der Waals surface area contributed by atoms with Crippen LogP contribution >= 0.6 is 15.9 Å². The molecule has 0 fully saturated rings. The Hall–Kier alpha value is -1.95. The van der Waals surface area contributed by atoms with Crippen LogP contribution in [0.15, 0.2) is 33.2 Å². The Balaban J connectivity index is 2.35. The first-order valence-corrected chi connectivity index (χ1v) is 5.87. The van der Waals surface area contributed by atoms with Crippen molar-refractivity contribution in [2.24, 2.45) is 0 Å². The summed E-state index contributed by atoms with van der Waals surface area (Å²) < 4.78 is 6.23. The van der Waals surface area contributed by atoms with E-state index in [9.17, 15) is 4.79 Å². The number of aromatic nitrogens is 2. The largest absolute Gasteiger partial charge is 0.478 e. The third-order valence-electron chi connectivity index (χ3n) is 2.23. The van der Waals surface area contributed by atoms with Crippen LogP contribution in [0.25, 0.3) is 17.5 Å². The summed E-state index contributed by atoms with van der Waals surface area (Å²) in [6, 6.07) is 5.68. The van der Waals surface area contributed by atoms with Gasteiger partial charge >= 0.3 is 5.97 Å². The number of halogens is 1. The van der Waals surface area contributed by atoms with E-state index in [4.69, 9.17) is 9.52 Å². The molecular weight excluding hydrogens is 300 g/mol. The highest BCUT2D eigenvalue weighted by Gasteiger charge is 2.11. The minimum Gasteiger partial charge on any atom is -0.478 e. The summed E-state index contributed by atoms with van der Waals surface area (Å²) in [5, 5.41) is 16.1. The van der Waals surface area contributed by atoms with Crippen molar-refractivity contribution in [3.05, 3.63) is 40.2 Å². The fourth-order valence-electron chi connectivity index (χ4n) is 1.37. The van der Waals surface area contributed by atoms with Crippen LogP contribution in [0.2, 0.25) is 0 Å². The monoisotopic (exact) mass is 308 g/mol. The number of hydrogen-bond donors (Lipinski definition) is 1. The van der Waals surface area contributed by atoms with E-state index in [2.05, 4.69) is 26.1 Å². The van der Waals surface area contributed by atoms with Crippen molar-refractivity contribution in [2.75, 3.05) is 0 Å². The topological polar surface area (TPSA) is 76.2 Å². The van der Waals surface area contributed by atoms with Gasteiger partial charge < -0.3 is 9.52 Å². The lowest BCUT2D eigenvalue weighted by Gasteiger charge is -2.01. The second kappa shape index (κ2) is 5.14. The molecule has 0 saturated heterocycles. The molecule has 6 heteroatoms. The van der Waals surface area contributed by atoms with Crippen LogP contribution in [-0.2, 0) is 4.79 Å². The molecule has 18 heavy (non-hydrogen) atoms. The Bertz CT molecular complexity index is 620. The second-order valence-electron chi connectivity index (χ2n) is 3.55. The number of nitrogens with zero attached hydrogens (tertiary/aromatic N) is 2. The minimum atomic E-state index is -1.06. The lowest BCUT2D eigenvalue weighted by molar-refractivity contribution is -0.131. The van der Waals surface area contributed by atoms with Gasteiger partial charge in [0.05, 0.1) is 5.56 Å². The Kier molecular flexibility index (Phi) is 3.57. The van der Waals surface area contributed by atoms with Crippen LogP contribution in [0.4, 0.5) is 0 Å². The molecule has 1 heterocycles. The number of aryl methyl sites for hydroxylation is 1. The van der Waals surface area contributed by atoms with E-state index in [0.29, 0.717) is 5.89 Å². The van der Waals surface area contributed by atoms with Gasteiger partial charge in [-0.25, -0.2) is 4.79 Å². The molecule has 1 N–H and O–H groups in total. The van der Waals surface area contributed by atoms with Gasteiger partial charge in [-0.3, -0.25) is 0 Å². The first-order valence-electron chi connectivity index (χ1n) is 5.08. The average Bonchev–Trinajstić information content (AvgIpc) is 2.78. The standard InChI is InChI=1S/C12H9BrN2O3/c1-7-3-2-4-8(11(7)13)12-15-14-9(18-12)5-6-10(16)17/h2-6H,1H3,(H,16,17)/b6-5+. The number of benzene rings is 1. The minimum absolute atomic E-state index is 0.154. The molecule has 0 bridgehead atoms. The summed E-state index contributed by atoms with van der Waals surface area (Å²) in [5.41, 5.74) is 1.82. The number of carboxylic acids is 1. The summed E-state index contributed by atoms with van der Waals surface area (Å²) in [6.45, 7) is 1.95. The predicted octanol–water partition coefficient (Wildman–Crippen LogP) is 2.91. The summed E-state index contributed by atoms with van der Waals surface area (Å²) in [7, 11) is 0. The van der Waals surface area contributed by atoms with Crippen molar-refractivity contribution in [3.8, 4) is 11.5 Å². The summed E-state index contributed by atoms with van der Waals surface area (Å²) in [6.07, 6.45) is 2.20. The van der Waals surface area contributed by atoms with Crippen molar-refractivity contribution in [1.29, 1.82) is 0 Å². The molecule has 0 atom stereocenters. The zero-order valence-electron chi connectivity index (χ0n) is 9.42. The Morgan fingerprint density at radius 3 is 2.94 bits per heavy atom. The molecule has 0 aliphatic heterocycles. The van der Waals surface area contributed by atoms with E-state index in [0.717, 1.165) is 21.7 Å². The summed E-state index contributed by atoms with van der Waals surface area (Å²) >= 11 is 3.45. The highest BCUT2D eigenvalue weighted by atomic mass is 79.9. The molecule has 0 unspecified atom stereocenters. The molecule has 0 saturated carbocycles. The van der Waals surface area contributed by atoms with Crippen molar-refractivity contribution >= 4 is 28.0 Å². The van der Waals surface area contributed by atoms with Gasteiger partial charge in [-0.1, -0.05) is 12.1 Å². The van der Waals surface area contributed by atoms with E-state index in [1.165, 1.54) is 6.08 Å². The van der Waals surface area contributed by atoms with Crippen LogP contribution < -0.4 is 0 Å². The predicted molar refractivity (Wildman–Crippen MR) is 68.8 cm³/mol. The highest BCUT2D eigenvalue weighted by molar-refractivity contribution is 9.10. The van der Waals surface area contributed by atoms with Crippen molar-refractivity contribution < 1.29 is 14.3 Å². The van der Waals surface area contributed by atoms with Gasteiger partial charge in [0.2, 0.25) is 11.8 Å². The van der Waals surface area contributed by atoms with Gasteiger partial charge in [0.15, 0.2) is 0 Å². The van der Waals surface area contributed by atoms with Gasteiger partial charge in [-0.15, -0.1) is 10.2 Å². The van der Waals surface area contributed by atoms with Crippen LogP contribution in [-0.4, -0.2) is 21.3 Å². The normalized spacial score (nSPS) is 11.0. The number of hydrogen-bond acceptors (Lipinski definition) is 4. The smallest absolute Gasteiger partial charge is 0.328 e. The number of carbonyl (C=O) groups is 1. The molecule has 0 spiro atoms. The van der Waals surface area contributed by atoms with Gasteiger partial charge in [-0.05, 0) is 34.5 Å². The van der Waals surface area contributed by atoms with Crippen LogP contribution in [0.1, 0.15) is 11.5 Å². The molecule has 1 aromatic heterocycles. The van der Waals surface area contributed by atoms with E-state index in [1.807, 2.05) is 25.1 Å². The maximum Gasteiger partial charge on any atom is 0.328 e. The molecular formula is C12H9BrN2O3. The molecule has 5 nitrogen and oxygen atoms in total. The molecule has 0 aliphatic rings. The Morgan fingerprint density at radius 2 is 2.22 bits per heavy atom. The van der Waals surface area contributed by atoms with E-state index in [-0.39, 0.29) is 5.89 Å². The first kappa shape index (κ1) is 12.5. The molecule has 0 aliphatic carbocycles. The van der Waals surface area contributed by atoms with Crippen molar-refractivity contribution in [2.45, 2.75) is 6.92 Å². The quantitative estimate of drug-likeness (QED) is 0.882. The van der Waals surface area contributed by atoms with Gasteiger partial charge in [0.25, 0.3) is 0 Å².